The van der Waals surface area contributed by atoms with Gasteiger partial charge in [0.25, 0.3) is 0 Å². The number of nitriles is 1. The lowest BCUT2D eigenvalue weighted by molar-refractivity contribution is -0.141. The average molecular weight is 355 g/mol. The summed E-state index contributed by atoms with van der Waals surface area (Å²) in [5, 5.41) is 9.34. The van der Waals surface area contributed by atoms with E-state index in [0.29, 0.717) is 11.0 Å². The van der Waals surface area contributed by atoms with Crippen LogP contribution in [0.2, 0.25) is 0 Å². The van der Waals surface area contributed by atoms with Crippen LogP contribution in [0.5, 0.6) is 11.6 Å². The molecule has 0 fully saturated rings. The van der Waals surface area contributed by atoms with Crippen molar-refractivity contribution in [2.24, 2.45) is 0 Å². The minimum Gasteiger partial charge on any atom is -0.468 e. The highest BCUT2D eigenvalue weighted by atomic mass is 19.2. The number of hydrogen-bond acceptors (Lipinski definition) is 6. The molecule has 0 saturated heterocycles. The van der Waals surface area contributed by atoms with E-state index in [2.05, 4.69) is 14.7 Å². The van der Waals surface area contributed by atoms with E-state index in [1.54, 1.807) is 30.3 Å². The van der Waals surface area contributed by atoms with Crippen LogP contribution in [0, 0.1) is 23.0 Å². The van der Waals surface area contributed by atoms with Crippen LogP contribution in [0.4, 0.5) is 8.78 Å². The molecule has 0 saturated carbocycles. The topological polar surface area (TPSA) is 85.1 Å². The number of rotatable bonds is 4. The number of nitrogens with zero attached hydrogens (tertiary/aromatic N) is 3. The molecule has 0 aliphatic rings. The lowest BCUT2D eigenvalue weighted by atomic mass is 10.1. The monoisotopic (exact) mass is 355 g/mol. The second kappa shape index (κ2) is 7.11. The van der Waals surface area contributed by atoms with Gasteiger partial charge in [-0.05, 0) is 24.3 Å². The number of methoxy groups -OCH3 is 1. The molecular weight excluding hydrogens is 344 g/mol. The average Bonchev–Trinajstić information content (AvgIpc) is 2.65. The molecule has 8 heteroatoms. The summed E-state index contributed by atoms with van der Waals surface area (Å²) in [6.07, 6.45) is 0. The second-order valence-corrected chi connectivity index (χ2v) is 5.17. The van der Waals surface area contributed by atoms with Crippen molar-refractivity contribution in [3.05, 3.63) is 59.8 Å². The van der Waals surface area contributed by atoms with Crippen molar-refractivity contribution < 1.29 is 23.0 Å². The van der Waals surface area contributed by atoms with Crippen LogP contribution in [0.15, 0.2) is 42.5 Å². The molecule has 1 aromatic heterocycles. The molecule has 0 spiro atoms. The van der Waals surface area contributed by atoms with Gasteiger partial charge in [0.05, 0.1) is 24.2 Å². The highest BCUT2D eigenvalue weighted by molar-refractivity contribution is 5.83. The van der Waals surface area contributed by atoms with Crippen molar-refractivity contribution >= 4 is 17.0 Å². The zero-order chi connectivity index (χ0) is 18.7. The summed E-state index contributed by atoms with van der Waals surface area (Å²) in [6.45, 7) is 0. The van der Waals surface area contributed by atoms with Gasteiger partial charge in [0.15, 0.2) is 17.6 Å². The molecular formula is C18H11F2N3O3. The first-order valence-corrected chi connectivity index (χ1v) is 7.40. The Hall–Kier alpha value is -3.60. The number of para-hydroxylation sites is 2. The van der Waals surface area contributed by atoms with E-state index < -0.39 is 23.5 Å². The van der Waals surface area contributed by atoms with Gasteiger partial charge < -0.3 is 9.47 Å². The summed E-state index contributed by atoms with van der Waals surface area (Å²) in [6, 6.07) is 11.4. The first-order chi connectivity index (χ1) is 12.5. The fourth-order valence-electron chi connectivity index (χ4n) is 2.26. The maximum atomic E-state index is 13.4. The van der Waals surface area contributed by atoms with Crippen molar-refractivity contribution in [3.63, 3.8) is 0 Å². The van der Waals surface area contributed by atoms with Crippen LogP contribution >= 0.6 is 0 Å². The van der Waals surface area contributed by atoms with Crippen LogP contribution < -0.4 is 4.74 Å². The SMILES string of the molecule is COC(=O)[C@@H](C#N)c1nc2ccccc2nc1Oc1ccc(F)c(F)c1. The molecule has 26 heavy (non-hydrogen) atoms. The zero-order valence-corrected chi connectivity index (χ0v) is 13.4. The third-order valence-electron chi connectivity index (χ3n) is 3.51. The number of esters is 1. The molecule has 3 rings (SSSR count). The third-order valence-corrected chi connectivity index (χ3v) is 3.51. The van der Waals surface area contributed by atoms with Gasteiger partial charge in [0, 0.05) is 6.07 Å². The maximum Gasteiger partial charge on any atom is 0.329 e. The molecule has 0 radical (unpaired) electrons. The van der Waals surface area contributed by atoms with E-state index in [4.69, 9.17) is 4.74 Å². The number of carbonyl (C=O) groups excluding carboxylic acids is 1. The summed E-state index contributed by atoms with van der Waals surface area (Å²) in [5.74, 6) is -4.61. The fraction of sp³-hybridized carbons (Fsp3) is 0.111. The number of aromatic nitrogens is 2. The van der Waals surface area contributed by atoms with Crippen LogP contribution in [0.1, 0.15) is 11.6 Å². The number of ether oxygens (including phenoxy) is 2. The molecule has 0 bridgehead atoms. The van der Waals surface area contributed by atoms with Gasteiger partial charge in [-0.15, -0.1) is 0 Å². The molecule has 0 aliphatic carbocycles. The summed E-state index contributed by atoms with van der Waals surface area (Å²) in [7, 11) is 1.14. The van der Waals surface area contributed by atoms with E-state index in [9.17, 15) is 18.8 Å². The molecule has 0 aliphatic heterocycles. The highest BCUT2D eigenvalue weighted by Crippen LogP contribution is 2.30. The molecule has 6 nitrogen and oxygen atoms in total. The lowest BCUT2D eigenvalue weighted by Crippen LogP contribution is -2.15. The summed E-state index contributed by atoms with van der Waals surface area (Å²) >= 11 is 0. The number of halogens is 2. The minimum absolute atomic E-state index is 0.0590. The molecule has 0 N–H and O–H groups in total. The molecule has 0 amide bonds. The van der Waals surface area contributed by atoms with Gasteiger partial charge in [-0.1, -0.05) is 12.1 Å². The maximum absolute atomic E-state index is 13.4. The zero-order valence-electron chi connectivity index (χ0n) is 13.4. The smallest absolute Gasteiger partial charge is 0.329 e. The largest absolute Gasteiger partial charge is 0.468 e. The number of benzene rings is 2. The van der Waals surface area contributed by atoms with Crippen molar-refractivity contribution in [3.8, 4) is 17.7 Å². The van der Waals surface area contributed by atoms with Crippen molar-refractivity contribution in [1.29, 1.82) is 5.26 Å². The highest BCUT2D eigenvalue weighted by Gasteiger charge is 2.28. The summed E-state index contributed by atoms with van der Waals surface area (Å²) < 4.78 is 36.6. The Morgan fingerprint density at radius 2 is 1.81 bits per heavy atom. The number of fused-ring (bicyclic) bond motifs is 1. The molecule has 0 unspecified atom stereocenters. The third kappa shape index (κ3) is 3.28. The van der Waals surface area contributed by atoms with Crippen LogP contribution in [0.3, 0.4) is 0 Å². The number of carbonyl (C=O) groups is 1. The first-order valence-electron chi connectivity index (χ1n) is 7.40. The predicted molar refractivity (Wildman–Crippen MR) is 86.3 cm³/mol. The van der Waals surface area contributed by atoms with E-state index in [1.807, 2.05) is 0 Å². The number of hydrogen-bond donors (Lipinski definition) is 0. The Labute approximate surface area is 146 Å². The molecule has 3 aromatic rings. The Bertz CT molecular complexity index is 1030. The Morgan fingerprint density at radius 3 is 2.42 bits per heavy atom. The lowest BCUT2D eigenvalue weighted by Gasteiger charge is -2.13. The van der Waals surface area contributed by atoms with Crippen LogP contribution in [-0.4, -0.2) is 23.0 Å². The summed E-state index contributed by atoms with van der Waals surface area (Å²) in [4.78, 5) is 20.4. The Balaban J connectivity index is 2.14. The van der Waals surface area contributed by atoms with Crippen molar-refractivity contribution in [2.45, 2.75) is 5.92 Å². The standard InChI is InChI=1S/C18H11F2N3O3/c1-25-18(24)11(9-21)16-17(23-15-5-3-2-4-14(15)22-16)26-10-6-7-12(19)13(20)8-10/h2-8,11H,1H3/t11-/m0/s1. The van der Waals surface area contributed by atoms with Crippen molar-refractivity contribution in [2.75, 3.05) is 7.11 Å². The molecule has 1 atom stereocenters. The molecule has 1 heterocycles. The quantitative estimate of drug-likeness (QED) is 0.666. The van der Waals surface area contributed by atoms with Crippen LogP contribution in [-0.2, 0) is 9.53 Å². The van der Waals surface area contributed by atoms with Crippen molar-refractivity contribution in [1.82, 2.24) is 9.97 Å². The molecule has 130 valence electrons. The van der Waals surface area contributed by atoms with Gasteiger partial charge in [0.2, 0.25) is 5.88 Å². The van der Waals surface area contributed by atoms with E-state index in [1.165, 1.54) is 6.07 Å². The van der Waals surface area contributed by atoms with E-state index in [0.717, 1.165) is 19.2 Å². The van der Waals surface area contributed by atoms with Gasteiger partial charge in [-0.3, -0.25) is 4.79 Å². The Morgan fingerprint density at radius 1 is 1.12 bits per heavy atom. The van der Waals surface area contributed by atoms with E-state index >= 15 is 0 Å². The van der Waals surface area contributed by atoms with Gasteiger partial charge >= 0.3 is 5.97 Å². The normalized spacial score (nSPS) is 11.6. The Kier molecular flexibility index (Phi) is 4.71. The first kappa shape index (κ1) is 17.2. The minimum atomic E-state index is -1.39. The predicted octanol–water partition coefficient (Wildman–Crippen LogP) is 3.48. The van der Waals surface area contributed by atoms with Gasteiger partial charge in [0.1, 0.15) is 11.4 Å². The fourth-order valence-corrected chi connectivity index (χ4v) is 2.26. The summed E-state index contributed by atoms with van der Waals surface area (Å²) in [5.41, 5.74) is 0.794. The van der Waals surface area contributed by atoms with E-state index in [-0.39, 0.29) is 17.3 Å². The van der Waals surface area contributed by atoms with Gasteiger partial charge in [-0.2, -0.15) is 5.26 Å². The second-order valence-electron chi connectivity index (χ2n) is 5.17. The van der Waals surface area contributed by atoms with Crippen LogP contribution in [0.25, 0.3) is 11.0 Å². The van der Waals surface area contributed by atoms with Gasteiger partial charge in [-0.25, -0.2) is 18.7 Å². The molecule has 2 aromatic carbocycles.